The van der Waals surface area contributed by atoms with E-state index in [-0.39, 0.29) is 5.91 Å². The first-order valence-electron chi connectivity index (χ1n) is 10.6. The topological polar surface area (TPSA) is 50.2 Å². The Bertz CT molecular complexity index is 803. The van der Waals surface area contributed by atoms with Gasteiger partial charge in [0.25, 0.3) is 0 Å². The lowest BCUT2D eigenvalue weighted by Crippen LogP contribution is -2.43. The van der Waals surface area contributed by atoms with Gasteiger partial charge >= 0.3 is 0 Å². The second kappa shape index (κ2) is 9.20. The van der Waals surface area contributed by atoms with Gasteiger partial charge in [0.05, 0.1) is 18.4 Å². The Labute approximate surface area is 167 Å². The van der Waals surface area contributed by atoms with E-state index in [4.69, 9.17) is 0 Å². The number of nitrogens with zero attached hydrogens (tertiary/aromatic N) is 3. The van der Waals surface area contributed by atoms with Crippen molar-refractivity contribution in [1.29, 1.82) is 0 Å². The molecule has 28 heavy (non-hydrogen) atoms. The van der Waals surface area contributed by atoms with Crippen LogP contribution in [0, 0.1) is 0 Å². The number of aromatic nitrogens is 2. The zero-order chi connectivity index (χ0) is 19.2. The van der Waals surface area contributed by atoms with E-state index in [0.717, 1.165) is 38.0 Å². The zero-order valence-corrected chi connectivity index (χ0v) is 16.5. The molecule has 2 aliphatic rings. The Balaban J connectivity index is 1.30. The van der Waals surface area contributed by atoms with Crippen LogP contribution in [-0.2, 0) is 4.79 Å². The molecule has 1 amide bonds. The molecule has 1 fully saturated rings. The van der Waals surface area contributed by atoms with Crippen LogP contribution < -0.4 is 5.32 Å². The maximum Gasteiger partial charge on any atom is 0.234 e. The standard InChI is InChI=1S/C23H30N4O/c28-23(25-21-8-4-1-2-5-9-21)18-26-14-12-19(13-15-26)20-16-24-27(17-20)22-10-6-3-7-11-22/h3,6-7,10-12,16-17,21H,1-2,4-5,8-9,13-15,18H2,(H,25,28). The van der Waals surface area contributed by atoms with Crippen molar-refractivity contribution >= 4 is 11.5 Å². The molecule has 0 bridgehead atoms. The highest BCUT2D eigenvalue weighted by Crippen LogP contribution is 2.23. The van der Waals surface area contributed by atoms with E-state index in [1.54, 1.807) is 0 Å². The fourth-order valence-corrected chi connectivity index (χ4v) is 4.23. The largest absolute Gasteiger partial charge is 0.352 e. The van der Waals surface area contributed by atoms with Gasteiger partial charge in [0, 0.05) is 30.9 Å². The molecule has 1 aliphatic carbocycles. The van der Waals surface area contributed by atoms with Gasteiger partial charge in [0.1, 0.15) is 0 Å². The number of benzene rings is 1. The summed E-state index contributed by atoms with van der Waals surface area (Å²) in [6.07, 6.45) is 14.6. The van der Waals surface area contributed by atoms with E-state index in [1.807, 2.05) is 29.1 Å². The smallest absolute Gasteiger partial charge is 0.234 e. The van der Waals surface area contributed by atoms with Crippen LogP contribution in [0.25, 0.3) is 11.3 Å². The molecule has 0 unspecified atom stereocenters. The van der Waals surface area contributed by atoms with Gasteiger partial charge in [0.15, 0.2) is 0 Å². The first-order chi connectivity index (χ1) is 13.8. The maximum atomic E-state index is 12.4. The van der Waals surface area contributed by atoms with Crippen LogP contribution in [-0.4, -0.2) is 46.3 Å². The Hall–Kier alpha value is -2.40. The van der Waals surface area contributed by atoms with E-state index in [2.05, 4.69) is 39.7 Å². The third-order valence-electron chi connectivity index (χ3n) is 5.85. The van der Waals surface area contributed by atoms with Crippen molar-refractivity contribution in [2.45, 2.75) is 51.0 Å². The highest BCUT2D eigenvalue weighted by atomic mass is 16.2. The minimum atomic E-state index is 0.181. The van der Waals surface area contributed by atoms with E-state index in [0.29, 0.717) is 12.6 Å². The van der Waals surface area contributed by atoms with E-state index < -0.39 is 0 Å². The summed E-state index contributed by atoms with van der Waals surface area (Å²) in [7, 11) is 0. The van der Waals surface area contributed by atoms with Gasteiger partial charge in [0.2, 0.25) is 5.91 Å². The van der Waals surface area contributed by atoms with Gasteiger partial charge < -0.3 is 5.32 Å². The summed E-state index contributed by atoms with van der Waals surface area (Å²) in [5.41, 5.74) is 3.57. The summed E-state index contributed by atoms with van der Waals surface area (Å²) in [6.45, 7) is 2.24. The summed E-state index contributed by atoms with van der Waals surface area (Å²) < 4.78 is 1.92. The summed E-state index contributed by atoms with van der Waals surface area (Å²) in [5, 5.41) is 7.76. The van der Waals surface area contributed by atoms with Crippen LogP contribution in [0.3, 0.4) is 0 Å². The average molecular weight is 379 g/mol. The molecule has 2 heterocycles. The van der Waals surface area contributed by atoms with Gasteiger partial charge in [-0.25, -0.2) is 4.68 Å². The average Bonchev–Trinajstić information content (AvgIpc) is 3.08. The van der Waals surface area contributed by atoms with Crippen molar-refractivity contribution in [3.8, 4) is 5.69 Å². The molecular weight excluding hydrogens is 348 g/mol. The van der Waals surface area contributed by atoms with Crippen LogP contribution >= 0.6 is 0 Å². The normalized spacial score (nSPS) is 19.1. The molecule has 4 rings (SSSR count). The van der Waals surface area contributed by atoms with E-state index in [9.17, 15) is 4.79 Å². The van der Waals surface area contributed by atoms with Gasteiger partial charge in [-0.15, -0.1) is 0 Å². The summed E-state index contributed by atoms with van der Waals surface area (Å²) in [4.78, 5) is 14.6. The monoisotopic (exact) mass is 378 g/mol. The molecule has 2 aromatic rings. The fraction of sp³-hybridized carbons (Fsp3) is 0.478. The van der Waals surface area contributed by atoms with Crippen molar-refractivity contribution < 1.29 is 4.79 Å². The maximum absolute atomic E-state index is 12.4. The summed E-state index contributed by atoms with van der Waals surface area (Å²) >= 11 is 0. The SMILES string of the molecule is O=C(CN1CC=C(c2cnn(-c3ccccc3)c2)CC1)NC1CCCCCC1. The fourth-order valence-electron chi connectivity index (χ4n) is 4.23. The number of carbonyl (C=O) groups excluding carboxylic acids is 1. The minimum Gasteiger partial charge on any atom is -0.352 e. The molecular formula is C23H30N4O. The van der Waals surface area contributed by atoms with Crippen LogP contribution in [0.2, 0.25) is 0 Å². The van der Waals surface area contributed by atoms with E-state index in [1.165, 1.54) is 36.8 Å². The predicted octanol–water partition coefficient (Wildman–Crippen LogP) is 3.80. The number of hydrogen-bond donors (Lipinski definition) is 1. The molecule has 0 spiro atoms. The van der Waals surface area contributed by atoms with Crippen LogP contribution in [0.1, 0.15) is 50.5 Å². The highest BCUT2D eigenvalue weighted by molar-refractivity contribution is 5.78. The molecule has 1 N–H and O–H groups in total. The van der Waals surface area contributed by atoms with Crippen LogP contribution in [0.4, 0.5) is 0 Å². The molecule has 5 heteroatoms. The van der Waals surface area contributed by atoms with Gasteiger partial charge in [-0.2, -0.15) is 5.10 Å². The zero-order valence-electron chi connectivity index (χ0n) is 16.5. The molecule has 5 nitrogen and oxygen atoms in total. The van der Waals surface area contributed by atoms with Gasteiger partial charge in [-0.3, -0.25) is 9.69 Å². The molecule has 1 saturated carbocycles. The molecule has 0 radical (unpaired) electrons. The van der Waals surface area contributed by atoms with Crippen molar-refractivity contribution in [3.05, 3.63) is 54.4 Å². The Morgan fingerprint density at radius 3 is 2.61 bits per heavy atom. The highest BCUT2D eigenvalue weighted by Gasteiger charge is 2.19. The molecule has 0 atom stereocenters. The first-order valence-corrected chi connectivity index (χ1v) is 10.6. The molecule has 1 aliphatic heterocycles. The second-order valence-corrected chi connectivity index (χ2v) is 7.98. The number of carbonyl (C=O) groups is 1. The van der Waals surface area contributed by atoms with E-state index >= 15 is 0 Å². The minimum absolute atomic E-state index is 0.181. The quantitative estimate of drug-likeness (QED) is 0.805. The lowest BCUT2D eigenvalue weighted by molar-refractivity contribution is -0.122. The second-order valence-electron chi connectivity index (χ2n) is 7.98. The Kier molecular flexibility index (Phi) is 6.22. The van der Waals surface area contributed by atoms with Crippen molar-refractivity contribution in [3.63, 3.8) is 0 Å². The molecule has 1 aromatic heterocycles. The number of amides is 1. The summed E-state index contributed by atoms with van der Waals surface area (Å²) in [6, 6.07) is 10.6. The lowest BCUT2D eigenvalue weighted by atomic mass is 10.0. The van der Waals surface area contributed by atoms with Crippen LogP contribution in [0.5, 0.6) is 0 Å². The number of nitrogens with one attached hydrogen (secondary N) is 1. The van der Waals surface area contributed by atoms with Crippen molar-refractivity contribution in [1.82, 2.24) is 20.0 Å². The summed E-state index contributed by atoms with van der Waals surface area (Å²) in [5.74, 6) is 0.181. The third kappa shape index (κ3) is 4.90. The molecule has 148 valence electrons. The number of rotatable bonds is 5. The predicted molar refractivity (Wildman–Crippen MR) is 112 cm³/mol. The molecule has 1 aromatic carbocycles. The molecule has 0 saturated heterocycles. The van der Waals surface area contributed by atoms with Crippen molar-refractivity contribution in [2.24, 2.45) is 0 Å². The van der Waals surface area contributed by atoms with Crippen molar-refractivity contribution in [2.75, 3.05) is 19.6 Å². The number of para-hydroxylation sites is 1. The van der Waals surface area contributed by atoms with Crippen LogP contribution in [0.15, 0.2) is 48.8 Å². The lowest BCUT2D eigenvalue weighted by Gasteiger charge is -2.26. The number of hydrogen-bond acceptors (Lipinski definition) is 3. The van der Waals surface area contributed by atoms with Gasteiger partial charge in [-0.1, -0.05) is 50.0 Å². The first kappa shape index (κ1) is 18.9. The Morgan fingerprint density at radius 1 is 1.11 bits per heavy atom. The Morgan fingerprint density at radius 2 is 1.89 bits per heavy atom. The van der Waals surface area contributed by atoms with Gasteiger partial charge in [-0.05, 0) is 37.0 Å². The third-order valence-corrected chi connectivity index (χ3v) is 5.85.